The number of rotatable bonds is 9. The molecule has 2 atom stereocenters. The quantitative estimate of drug-likeness (QED) is 0.452. The zero-order valence-electron chi connectivity index (χ0n) is 20.4. The summed E-state index contributed by atoms with van der Waals surface area (Å²) in [6.45, 7) is 3.80. The average molecular weight is 484 g/mol. The van der Waals surface area contributed by atoms with E-state index < -0.39 is 5.97 Å². The third-order valence-electron chi connectivity index (χ3n) is 7.06. The molecule has 5 rings (SSSR count). The Balaban J connectivity index is 0.00000289. The standard InChI is InChI=1S/C26H32N6O2.Na/c33-25(34)14-22(21-3-1-5-24(13-21)32-18-27-17-29-32)16-31-12-10-19(15-31)6-8-23-9-7-20-4-2-11-28-26(20)30-23;/h1,3,5,7,9,13,17-19,22H,2,4,6,8,10-12,14-16H2,(H,28,30)(H,33,34);/t19-,22-;/m1./s1. The normalized spacial score (nSPS) is 18.3. The number of benzene rings is 1. The molecule has 0 bridgehead atoms. The van der Waals surface area contributed by atoms with Crippen LogP contribution in [-0.4, -0.2) is 91.5 Å². The summed E-state index contributed by atoms with van der Waals surface area (Å²) in [7, 11) is 0. The number of aliphatic carboxylic acids is 1. The number of hydrogen-bond acceptors (Lipinski definition) is 6. The Morgan fingerprint density at radius 3 is 3.00 bits per heavy atom. The number of nitrogens with zero attached hydrogens (tertiary/aromatic N) is 5. The molecule has 0 amide bonds. The molecular weight excluding hydrogens is 451 g/mol. The summed E-state index contributed by atoms with van der Waals surface area (Å²) < 4.78 is 1.71. The minimum atomic E-state index is -0.765. The van der Waals surface area contributed by atoms with Crippen molar-refractivity contribution < 1.29 is 9.90 Å². The predicted molar refractivity (Wildman–Crippen MR) is 136 cm³/mol. The van der Waals surface area contributed by atoms with Gasteiger partial charge in [-0.05, 0) is 73.9 Å². The van der Waals surface area contributed by atoms with Crippen molar-refractivity contribution in [3.8, 4) is 5.69 Å². The fourth-order valence-electron chi connectivity index (χ4n) is 5.25. The Morgan fingerprint density at radius 1 is 1.26 bits per heavy atom. The van der Waals surface area contributed by atoms with Crippen molar-refractivity contribution in [3.05, 3.63) is 65.9 Å². The molecule has 0 unspecified atom stereocenters. The predicted octanol–water partition coefficient (Wildman–Crippen LogP) is 3.15. The van der Waals surface area contributed by atoms with Crippen molar-refractivity contribution in [1.29, 1.82) is 0 Å². The maximum absolute atomic E-state index is 11.6. The first-order valence-corrected chi connectivity index (χ1v) is 12.3. The van der Waals surface area contributed by atoms with Gasteiger partial charge in [-0.2, -0.15) is 5.10 Å². The van der Waals surface area contributed by atoms with Gasteiger partial charge in [0.15, 0.2) is 0 Å². The monoisotopic (exact) mass is 483 g/mol. The second kappa shape index (κ2) is 12.1. The molecule has 179 valence electrons. The van der Waals surface area contributed by atoms with Crippen LogP contribution in [0.2, 0.25) is 0 Å². The molecule has 4 heterocycles. The fourth-order valence-corrected chi connectivity index (χ4v) is 5.25. The fraction of sp³-hybridized carbons (Fsp3) is 0.462. The van der Waals surface area contributed by atoms with Gasteiger partial charge in [-0.25, -0.2) is 14.6 Å². The minimum Gasteiger partial charge on any atom is -0.481 e. The van der Waals surface area contributed by atoms with Gasteiger partial charge in [-0.3, -0.25) is 4.79 Å². The Kier molecular flexibility index (Phi) is 8.94. The average Bonchev–Trinajstić information content (AvgIpc) is 3.55. The van der Waals surface area contributed by atoms with Gasteiger partial charge in [0, 0.05) is 60.8 Å². The van der Waals surface area contributed by atoms with E-state index in [1.165, 1.54) is 24.0 Å². The Morgan fingerprint density at radius 2 is 2.17 bits per heavy atom. The van der Waals surface area contributed by atoms with Crippen LogP contribution in [0.15, 0.2) is 49.1 Å². The molecule has 1 radical (unpaired) electrons. The number of likely N-dealkylation sites (tertiary alicyclic amines) is 1. The summed E-state index contributed by atoms with van der Waals surface area (Å²) in [5, 5.41) is 17.2. The van der Waals surface area contributed by atoms with E-state index in [1.54, 1.807) is 11.0 Å². The molecule has 8 nitrogen and oxygen atoms in total. The summed E-state index contributed by atoms with van der Waals surface area (Å²) in [5.41, 5.74) is 4.43. The molecule has 9 heteroatoms. The molecule has 0 spiro atoms. The molecule has 1 saturated heterocycles. The Hall–Kier alpha value is -2.26. The molecule has 2 aliphatic rings. The summed E-state index contributed by atoms with van der Waals surface area (Å²) in [6.07, 6.45) is 8.84. The number of fused-ring (bicyclic) bond motifs is 1. The molecule has 0 saturated carbocycles. The number of aromatic nitrogens is 4. The largest absolute Gasteiger partial charge is 0.481 e. The summed E-state index contributed by atoms with van der Waals surface area (Å²) in [6, 6.07) is 12.4. The third kappa shape index (κ3) is 6.70. The zero-order valence-corrected chi connectivity index (χ0v) is 22.4. The number of pyridine rings is 1. The SMILES string of the molecule is O=C(O)C[C@H](CN1CC[C@@H](CCc2ccc3c(n2)NCCC3)C1)c1cccc(-n2cncn2)c1.[Na]. The van der Waals surface area contributed by atoms with Crippen LogP contribution >= 0.6 is 0 Å². The van der Waals surface area contributed by atoms with E-state index in [-0.39, 0.29) is 41.9 Å². The second-order valence-corrected chi connectivity index (χ2v) is 9.52. The van der Waals surface area contributed by atoms with E-state index in [0.29, 0.717) is 5.92 Å². The van der Waals surface area contributed by atoms with E-state index in [9.17, 15) is 9.90 Å². The molecule has 1 fully saturated rings. The van der Waals surface area contributed by atoms with Gasteiger partial charge in [0.25, 0.3) is 0 Å². The van der Waals surface area contributed by atoms with Crippen molar-refractivity contribution in [3.63, 3.8) is 0 Å². The molecule has 1 aromatic carbocycles. The summed E-state index contributed by atoms with van der Waals surface area (Å²) >= 11 is 0. The van der Waals surface area contributed by atoms with Crippen LogP contribution in [0, 0.1) is 5.92 Å². The topological polar surface area (TPSA) is 96.2 Å². The van der Waals surface area contributed by atoms with Gasteiger partial charge in [0.1, 0.15) is 18.5 Å². The molecule has 2 N–H and O–H groups in total. The Bertz CT molecular complexity index is 1120. The molecule has 35 heavy (non-hydrogen) atoms. The van der Waals surface area contributed by atoms with E-state index in [1.807, 2.05) is 24.3 Å². The van der Waals surface area contributed by atoms with Crippen LogP contribution in [0.3, 0.4) is 0 Å². The zero-order chi connectivity index (χ0) is 23.3. The van der Waals surface area contributed by atoms with Crippen molar-refractivity contribution in [1.82, 2.24) is 24.6 Å². The van der Waals surface area contributed by atoms with E-state index in [2.05, 4.69) is 32.4 Å². The van der Waals surface area contributed by atoms with Crippen LogP contribution in [0.25, 0.3) is 5.69 Å². The van der Waals surface area contributed by atoms with E-state index >= 15 is 0 Å². The number of hydrogen-bond donors (Lipinski definition) is 2. The van der Waals surface area contributed by atoms with Crippen molar-refractivity contribution >= 4 is 41.3 Å². The third-order valence-corrected chi connectivity index (χ3v) is 7.06. The molecule has 2 aliphatic heterocycles. The number of carboxylic acid groups (broad SMARTS) is 1. The number of carbonyl (C=O) groups is 1. The number of anilines is 1. The maximum atomic E-state index is 11.6. The van der Waals surface area contributed by atoms with Crippen molar-refractivity contribution in [2.24, 2.45) is 5.92 Å². The van der Waals surface area contributed by atoms with Crippen LogP contribution in [0.5, 0.6) is 0 Å². The smallest absolute Gasteiger partial charge is 0.304 e. The second-order valence-electron chi connectivity index (χ2n) is 9.52. The maximum Gasteiger partial charge on any atom is 0.304 e. The van der Waals surface area contributed by atoms with Crippen LogP contribution in [-0.2, 0) is 17.6 Å². The van der Waals surface area contributed by atoms with Gasteiger partial charge >= 0.3 is 5.97 Å². The van der Waals surface area contributed by atoms with Crippen molar-refractivity contribution in [2.45, 2.75) is 44.4 Å². The number of aryl methyl sites for hydroxylation is 2. The van der Waals surface area contributed by atoms with Crippen LogP contribution in [0.4, 0.5) is 5.82 Å². The first-order chi connectivity index (χ1) is 16.6. The van der Waals surface area contributed by atoms with Gasteiger partial charge < -0.3 is 15.3 Å². The molecule has 0 aliphatic carbocycles. The number of nitrogens with one attached hydrogen (secondary N) is 1. The first-order valence-electron chi connectivity index (χ1n) is 12.3. The van der Waals surface area contributed by atoms with Gasteiger partial charge in [0.05, 0.1) is 12.1 Å². The van der Waals surface area contributed by atoms with E-state index in [0.717, 1.165) is 68.9 Å². The summed E-state index contributed by atoms with van der Waals surface area (Å²) in [5.74, 6) is 0.867. The molecule has 3 aromatic rings. The van der Waals surface area contributed by atoms with Crippen molar-refractivity contribution in [2.75, 3.05) is 31.5 Å². The van der Waals surface area contributed by atoms with Gasteiger partial charge in [0.2, 0.25) is 0 Å². The first kappa shape index (κ1) is 25.8. The van der Waals surface area contributed by atoms with Crippen LogP contribution < -0.4 is 5.32 Å². The molecular formula is C26H32N6NaO2. The Labute approximate surface area is 228 Å². The van der Waals surface area contributed by atoms with Gasteiger partial charge in [-0.1, -0.05) is 18.2 Å². The number of carboxylic acids is 1. The van der Waals surface area contributed by atoms with Gasteiger partial charge in [-0.15, -0.1) is 0 Å². The van der Waals surface area contributed by atoms with E-state index in [4.69, 9.17) is 4.98 Å². The van der Waals surface area contributed by atoms with Crippen LogP contribution in [0.1, 0.15) is 48.4 Å². The summed E-state index contributed by atoms with van der Waals surface area (Å²) in [4.78, 5) is 22.9. The molecule has 2 aromatic heterocycles. The minimum absolute atomic E-state index is 0.